The van der Waals surface area contributed by atoms with E-state index in [0.717, 1.165) is 18.4 Å². The SMILES string of the molecule is O=C(CCc1ncc(-c2ccccc2)o1)NC(C(=O)O)C1CC1. The summed E-state index contributed by atoms with van der Waals surface area (Å²) in [5, 5.41) is 11.7. The quantitative estimate of drug-likeness (QED) is 0.817. The molecule has 0 aliphatic heterocycles. The molecule has 1 amide bonds. The third-order valence-electron chi connectivity index (χ3n) is 3.85. The summed E-state index contributed by atoms with van der Waals surface area (Å²) in [6.07, 6.45) is 3.85. The average Bonchev–Trinajstić information content (AvgIpc) is 3.28. The largest absolute Gasteiger partial charge is 0.480 e. The van der Waals surface area contributed by atoms with Crippen LogP contribution in [0.1, 0.15) is 25.2 Å². The van der Waals surface area contributed by atoms with Crippen molar-refractivity contribution < 1.29 is 19.1 Å². The average molecular weight is 314 g/mol. The van der Waals surface area contributed by atoms with Gasteiger partial charge in [0.1, 0.15) is 6.04 Å². The fourth-order valence-electron chi connectivity index (χ4n) is 2.44. The van der Waals surface area contributed by atoms with E-state index in [0.29, 0.717) is 18.1 Å². The number of hydrogen-bond acceptors (Lipinski definition) is 4. The third kappa shape index (κ3) is 3.97. The molecule has 23 heavy (non-hydrogen) atoms. The Kier molecular flexibility index (Phi) is 4.41. The summed E-state index contributed by atoms with van der Waals surface area (Å²) in [5.74, 6) is -0.0605. The number of nitrogens with one attached hydrogen (secondary N) is 1. The van der Waals surface area contributed by atoms with Crippen LogP contribution >= 0.6 is 0 Å². The van der Waals surface area contributed by atoms with Gasteiger partial charge in [-0.15, -0.1) is 0 Å². The molecule has 1 fully saturated rings. The molecular formula is C17H18N2O4. The molecule has 0 bridgehead atoms. The number of oxazole rings is 1. The number of nitrogens with zero attached hydrogens (tertiary/aromatic N) is 1. The normalized spacial score (nSPS) is 15.1. The predicted molar refractivity (Wildman–Crippen MR) is 82.6 cm³/mol. The number of rotatable bonds is 7. The highest BCUT2D eigenvalue weighted by atomic mass is 16.4. The molecule has 6 heteroatoms. The number of carbonyl (C=O) groups is 2. The van der Waals surface area contributed by atoms with Gasteiger partial charge in [-0.1, -0.05) is 30.3 Å². The smallest absolute Gasteiger partial charge is 0.326 e. The molecule has 1 aromatic heterocycles. The Morgan fingerprint density at radius 3 is 2.70 bits per heavy atom. The predicted octanol–water partition coefficient (Wildman–Crippen LogP) is 2.25. The standard InChI is InChI=1S/C17H18N2O4/c20-14(19-16(17(21)22)12-6-7-12)8-9-15-18-10-13(23-15)11-4-2-1-3-5-11/h1-5,10,12,16H,6-9H2,(H,19,20)(H,21,22). The lowest BCUT2D eigenvalue weighted by Crippen LogP contribution is -2.42. The highest BCUT2D eigenvalue weighted by Gasteiger charge is 2.37. The van der Waals surface area contributed by atoms with Gasteiger partial charge in [0.25, 0.3) is 0 Å². The summed E-state index contributed by atoms with van der Waals surface area (Å²) >= 11 is 0. The Balaban J connectivity index is 1.53. The molecule has 0 spiro atoms. The van der Waals surface area contributed by atoms with Crippen molar-refractivity contribution in [1.29, 1.82) is 0 Å². The van der Waals surface area contributed by atoms with Crippen LogP contribution in [0.15, 0.2) is 40.9 Å². The van der Waals surface area contributed by atoms with Crippen LogP contribution in [0.3, 0.4) is 0 Å². The minimum absolute atomic E-state index is 0.0721. The van der Waals surface area contributed by atoms with Crippen LogP contribution in [0, 0.1) is 5.92 Å². The zero-order chi connectivity index (χ0) is 16.2. The van der Waals surface area contributed by atoms with Crippen LogP contribution < -0.4 is 5.32 Å². The Morgan fingerprint density at radius 1 is 1.30 bits per heavy atom. The van der Waals surface area contributed by atoms with E-state index in [9.17, 15) is 9.59 Å². The van der Waals surface area contributed by atoms with Gasteiger partial charge in [0.15, 0.2) is 11.7 Å². The third-order valence-corrected chi connectivity index (χ3v) is 3.85. The van der Waals surface area contributed by atoms with Crippen molar-refractivity contribution in [3.05, 3.63) is 42.4 Å². The molecule has 1 unspecified atom stereocenters. The van der Waals surface area contributed by atoms with E-state index in [1.54, 1.807) is 6.20 Å². The van der Waals surface area contributed by atoms with Crippen LogP contribution in [0.25, 0.3) is 11.3 Å². The molecule has 2 aromatic rings. The molecule has 0 radical (unpaired) electrons. The molecular weight excluding hydrogens is 296 g/mol. The maximum absolute atomic E-state index is 11.9. The number of aromatic nitrogens is 1. The van der Waals surface area contributed by atoms with Gasteiger partial charge < -0.3 is 14.8 Å². The second-order valence-electron chi connectivity index (χ2n) is 5.71. The first-order valence-corrected chi connectivity index (χ1v) is 7.66. The Morgan fingerprint density at radius 2 is 2.04 bits per heavy atom. The summed E-state index contributed by atoms with van der Waals surface area (Å²) in [6.45, 7) is 0. The van der Waals surface area contributed by atoms with E-state index in [1.807, 2.05) is 30.3 Å². The molecule has 6 nitrogen and oxygen atoms in total. The van der Waals surface area contributed by atoms with Gasteiger partial charge in [0.2, 0.25) is 5.91 Å². The van der Waals surface area contributed by atoms with E-state index >= 15 is 0 Å². The number of aryl methyl sites for hydroxylation is 1. The molecule has 0 saturated heterocycles. The van der Waals surface area contributed by atoms with Crippen LogP contribution in [0.4, 0.5) is 0 Å². The topological polar surface area (TPSA) is 92.4 Å². The molecule has 1 aromatic carbocycles. The molecule has 120 valence electrons. The van der Waals surface area contributed by atoms with E-state index in [4.69, 9.17) is 9.52 Å². The molecule has 3 rings (SSSR count). The van der Waals surface area contributed by atoms with Crippen molar-refractivity contribution in [1.82, 2.24) is 10.3 Å². The summed E-state index contributed by atoms with van der Waals surface area (Å²) in [5.41, 5.74) is 0.926. The minimum atomic E-state index is -0.969. The molecule has 1 heterocycles. The van der Waals surface area contributed by atoms with Crippen LogP contribution in [0.5, 0.6) is 0 Å². The number of benzene rings is 1. The number of carbonyl (C=O) groups excluding carboxylic acids is 1. The zero-order valence-electron chi connectivity index (χ0n) is 12.6. The van der Waals surface area contributed by atoms with Crippen molar-refractivity contribution >= 4 is 11.9 Å². The number of carboxylic acid groups (broad SMARTS) is 1. The van der Waals surface area contributed by atoms with E-state index in [1.165, 1.54) is 0 Å². The molecule has 1 aliphatic carbocycles. The van der Waals surface area contributed by atoms with Gasteiger partial charge in [-0.25, -0.2) is 9.78 Å². The highest BCUT2D eigenvalue weighted by Crippen LogP contribution is 2.32. The van der Waals surface area contributed by atoms with E-state index in [2.05, 4.69) is 10.3 Å². The number of amides is 1. The van der Waals surface area contributed by atoms with Crippen molar-refractivity contribution in [2.45, 2.75) is 31.7 Å². The van der Waals surface area contributed by atoms with E-state index in [-0.39, 0.29) is 18.2 Å². The summed E-state index contributed by atoms with van der Waals surface area (Å²) < 4.78 is 5.62. The van der Waals surface area contributed by atoms with Gasteiger partial charge in [-0.2, -0.15) is 0 Å². The second kappa shape index (κ2) is 6.64. The second-order valence-corrected chi connectivity index (χ2v) is 5.71. The summed E-state index contributed by atoms with van der Waals surface area (Å²) in [7, 11) is 0. The van der Waals surface area contributed by atoms with Gasteiger partial charge in [0, 0.05) is 18.4 Å². The minimum Gasteiger partial charge on any atom is -0.480 e. The maximum atomic E-state index is 11.9. The molecule has 1 saturated carbocycles. The van der Waals surface area contributed by atoms with Gasteiger partial charge >= 0.3 is 5.97 Å². The molecule has 1 atom stereocenters. The highest BCUT2D eigenvalue weighted by molar-refractivity contribution is 5.84. The van der Waals surface area contributed by atoms with Crippen molar-refractivity contribution in [2.75, 3.05) is 0 Å². The fourth-order valence-corrected chi connectivity index (χ4v) is 2.44. The molecule has 2 N–H and O–H groups in total. The first-order valence-electron chi connectivity index (χ1n) is 7.66. The summed E-state index contributed by atoms with van der Waals surface area (Å²) in [4.78, 5) is 27.2. The number of carboxylic acids is 1. The van der Waals surface area contributed by atoms with Gasteiger partial charge in [-0.3, -0.25) is 4.79 Å². The lowest BCUT2D eigenvalue weighted by atomic mass is 10.1. The first-order chi connectivity index (χ1) is 11.1. The number of aliphatic carboxylic acids is 1. The van der Waals surface area contributed by atoms with Crippen LogP contribution in [-0.2, 0) is 16.0 Å². The Labute approximate surface area is 133 Å². The van der Waals surface area contributed by atoms with Crippen LogP contribution in [-0.4, -0.2) is 28.0 Å². The Bertz CT molecular complexity index is 692. The fraction of sp³-hybridized carbons (Fsp3) is 0.353. The summed E-state index contributed by atoms with van der Waals surface area (Å²) in [6, 6.07) is 8.81. The first kappa shape index (κ1) is 15.3. The van der Waals surface area contributed by atoms with Gasteiger partial charge in [-0.05, 0) is 18.8 Å². The van der Waals surface area contributed by atoms with Crippen LogP contribution in [0.2, 0.25) is 0 Å². The van der Waals surface area contributed by atoms with Crippen molar-refractivity contribution in [3.63, 3.8) is 0 Å². The monoisotopic (exact) mass is 314 g/mol. The lowest BCUT2D eigenvalue weighted by Gasteiger charge is -2.12. The van der Waals surface area contributed by atoms with E-state index < -0.39 is 12.0 Å². The lowest BCUT2D eigenvalue weighted by molar-refractivity contribution is -0.142. The van der Waals surface area contributed by atoms with Crippen molar-refractivity contribution in [2.24, 2.45) is 5.92 Å². The maximum Gasteiger partial charge on any atom is 0.326 e. The number of hydrogen-bond donors (Lipinski definition) is 2. The molecule has 1 aliphatic rings. The van der Waals surface area contributed by atoms with Gasteiger partial charge in [0.05, 0.1) is 6.20 Å². The Hall–Kier alpha value is -2.63. The van der Waals surface area contributed by atoms with Crippen molar-refractivity contribution in [3.8, 4) is 11.3 Å². The zero-order valence-corrected chi connectivity index (χ0v) is 12.6.